The molecule has 1 rings (SSSR count). The Kier molecular flexibility index (Phi) is 7.08. The van der Waals surface area contributed by atoms with Crippen LogP contribution in [-0.2, 0) is 0 Å². The highest BCUT2D eigenvalue weighted by atomic mass is 15.1. The van der Waals surface area contributed by atoms with Crippen LogP contribution < -0.4 is 10.6 Å². The summed E-state index contributed by atoms with van der Waals surface area (Å²) in [4.78, 5) is 2.46. The lowest BCUT2D eigenvalue weighted by molar-refractivity contribution is 0.211. The van der Waals surface area contributed by atoms with Gasteiger partial charge < -0.3 is 10.6 Å². The van der Waals surface area contributed by atoms with Gasteiger partial charge in [-0.1, -0.05) is 39.0 Å². The van der Waals surface area contributed by atoms with Gasteiger partial charge in [-0.05, 0) is 56.2 Å². The van der Waals surface area contributed by atoms with E-state index in [0.29, 0.717) is 5.41 Å². The minimum atomic E-state index is 0.364. The van der Waals surface area contributed by atoms with Crippen LogP contribution >= 0.6 is 0 Å². The molecule has 0 aliphatic rings. The van der Waals surface area contributed by atoms with Gasteiger partial charge >= 0.3 is 0 Å². The van der Waals surface area contributed by atoms with E-state index >= 15 is 0 Å². The van der Waals surface area contributed by atoms with Crippen molar-refractivity contribution in [2.75, 3.05) is 24.5 Å². The van der Waals surface area contributed by atoms with Crippen LogP contribution in [0.1, 0.15) is 47.0 Å². The van der Waals surface area contributed by atoms with E-state index in [1.165, 1.54) is 18.5 Å². The Hall–Kier alpha value is -1.02. The van der Waals surface area contributed by atoms with Crippen molar-refractivity contribution in [2.45, 2.75) is 47.0 Å². The molecule has 2 heteroatoms. The second kappa shape index (κ2) is 8.31. The molecule has 0 heterocycles. The average molecular weight is 276 g/mol. The van der Waals surface area contributed by atoms with Crippen LogP contribution in [0.15, 0.2) is 30.3 Å². The van der Waals surface area contributed by atoms with Crippen molar-refractivity contribution in [1.82, 2.24) is 0 Å². The zero-order valence-electron chi connectivity index (χ0n) is 13.7. The van der Waals surface area contributed by atoms with E-state index < -0.39 is 0 Å². The van der Waals surface area contributed by atoms with Crippen molar-refractivity contribution in [3.05, 3.63) is 30.3 Å². The number of benzene rings is 1. The highest BCUT2D eigenvalue weighted by Gasteiger charge is 2.23. The van der Waals surface area contributed by atoms with E-state index in [1.807, 2.05) is 0 Å². The molecule has 0 amide bonds. The first-order chi connectivity index (χ1) is 9.49. The Morgan fingerprint density at radius 1 is 1.10 bits per heavy atom. The van der Waals surface area contributed by atoms with Crippen molar-refractivity contribution in [2.24, 2.45) is 17.1 Å². The van der Waals surface area contributed by atoms with Gasteiger partial charge in [0.1, 0.15) is 0 Å². The summed E-state index contributed by atoms with van der Waals surface area (Å²) in [6, 6.07) is 10.7. The van der Waals surface area contributed by atoms with Crippen LogP contribution in [0.3, 0.4) is 0 Å². The average Bonchev–Trinajstić information content (AvgIpc) is 2.42. The van der Waals surface area contributed by atoms with Gasteiger partial charge in [-0.25, -0.2) is 0 Å². The molecule has 0 fully saturated rings. The topological polar surface area (TPSA) is 29.3 Å². The predicted molar refractivity (Wildman–Crippen MR) is 90.2 cm³/mol. The number of hydrogen-bond donors (Lipinski definition) is 1. The Bertz CT molecular complexity index is 353. The fraction of sp³-hybridized carbons (Fsp3) is 0.667. The van der Waals surface area contributed by atoms with E-state index in [2.05, 4.69) is 62.9 Å². The van der Waals surface area contributed by atoms with Gasteiger partial charge in [-0.15, -0.1) is 0 Å². The minimum Gasteiger partial charge on any atom is -0.372 e. The lowest BCUT2D eigenvalue weighted by Gasteiger charge is -2.32. The van der Waals surface area contributed by atoms with Crippen molar-refractivity contribution in [1.29, 1.82) is 0 Å². The molecular weight excluding hydrogens is 244 g/mol. The minimum absolute atomic E-state index is 0.364. The van der Waals surface area contributed by atoms with Gasteiger partial charge in [0.05, 0.1) is 0 Å². The van der Waals surface area contributed by atoms with Crippen molar-refractivity contribution in [3.8, 4) is 0 Å². The zero-order chi connectivity index (χ0) is 15.0. The molecule has 114 valence electrons. The molecule has 0 saturated heterocycles. The van der Waals surface area contributed by atoms with Crippen LogP contribution in [0, 0.1) is 11.3 Å². The summed E-state index contributed by atoms with van der Waals surface area (Å²) in [6.07, 6.45) is 3.65. The number of nitrogens with two attached hydrogens (primary N) is 1. The summed E-state index contributed by atoms with van der Waals surface area (Å²) in [5.74, 6) is 0.724. The van der Waals surface area contributed by atoms with Crippen LogP contribution in [-0.4, -0.2) is 19.6 Å². The maximum Gasteiger partial charge on any atom is 0.0366 e. The Morgan fingerprint density at radius 2 is 1.75 bits per heavy atom. The quantitative estimate of drug-likeness (QED) is 0.767. The lowest BCUT2D eigenvalue weighted by Crippen LogP contribution is -2.27. The summed E-state index contributed by atoms with van der Waals surface area (Å²) in [5, 5.41) is 0. The molecule has 0 bridgehead atoms. The smallest absolute Gasteiger partial charge is 0.0366 e. The maximum atomic E-state index is 5.76. The highest BCUT2D eigenvalue weighted by Crippen LogP contribution is 2.32. The van der Waals surface area contributed by atoms with Crippen molar-refractivity contribution >= 4 is 5.69 Å². The SMILES string of the molecule is CCN(CCCC(CCN)C(C)(C)C)c1ccccc1. The Labute approximate surface area is 125 Å². The third-order valence-corrected chi connectivity index (χ3v) is 4.22. The molecule has 1 unspecified atom stereocenters. The van der Waals surface area contributed by atoms with E-state index in [4.69, 9.17) is 5.73 Å². The molecule has 2 nitrogen and oxygen atoms in total. The van der Waals surface area contributed by atoms with Crippen LogP contribution in [0.2, 0.25) is 0 Å². The molecule has 1 aromatic carbocycles. The van der Waals surface area contributed by atoms with Gasteiger partial charge in [0.15, 0.2) is 0 Å². The number of para-hydroxylation sites is 1. The summed E-state index contributed by atoms with van der Waals surface area (Å²) >= 11 is 0. The number of rotatable bonds is 8. The molecule has 0 aliphatic heterocycles. The second-order valence-corrected chi connectivity index (χ2v) is 6.70. The third-order valence-electron chi connectivity index (χ3n) is 4.22. The lowest BCUT2D eigenvalue weighted by atomic mass is 9.76. The van der Waals surface area contributed by atoms with Crippen molar-refractivity contribution < 1.29 is 0 Å². The zero-order valence-corrected chi connectivity index (χ0v) is 13.7. The van der Waals surface area contributed by atoms with Crippen LogP contribution in [0.4, 0.5) is 5.69 Å². The normalized spacial score (nSPS) is 13.2. The largest absolute Gasteiger partial charge is 0.372 e. The summed E-state index contributed by atoms with van der Waals surface area (Å²) < 4.78 is 0. The highest BCUT2D eigenvalue weighted by molar-refractivity contribution is 5.45. The summed E-state index contributed by atoms with van der Waals surface area (Å²) in [5.41, 5.74) is 7.46. The third kappa shape index (κ3) is 5.54. The van der Waals surface area contributed by atoms with Crippen LogP contribution in [0.25, 0.3) is 0 Å². The molecule has 1 atom stereocenters. The summed E-state index contributed by atoms with van der Waals surface area (Å²) in [6.45, 7) is 12.2. The van der Waals surface area contributed by atoms with E-state index in [0.717, 1.165) is 32.0 Å². The van der Waals surface area contributed by atoms with Gasteiger partial charge in [-0.2, -0.15) is 0 Å². The first-order valence-electron chi connectivity index (χ1n) is 7.99. The van der Waals surface area contributed by atoms with Gasteiger partial charge in [0.2, 0.25) is 0 Å². The molecule has 0 aromatic heterocycles. The fourth-order valence-electron chi connectivity index (χ4n) is 2.85. The molecule has 1 aromatic rings. The number of anilines is 1. The first kappa shape index (κ1) is 17.0. The molecule has 0 saturated carbocycles. The van der Waals surface area contributed by atoms with Crippen molar-refractivity contribution in [3.63, 3.8) is 0 Å². The van der Waals surface area contributed by atoms with Gasteiger partial charge in [0, 0.05) is 18.8 Å². The summed E-state index contributed by atoms with van der Waals surface area (Å²) in [7, 11) is 0. The maximum absolute atomic E-state index is 5.76. The number of nitrogens with zero attached hydrogens (tertiary/aromatic N) is 1. The molecular formula is C18H32N2. The van der Waals surface area contributed by atoms with Crippen LogP contribution in [0.5, 0.6) is 0 Å². The molecule has 20 heavy (non-hydrogen) atoms. The standard InChI is InChI=1S/C18H32N2/c1-5-20(17-11-7-6-8-12-17)15-9-10-16(13-14-19)18(2,3)4/h6-8,11-12,16H,5,9-10,13-15,19H2,1-4H3. The Morgan fingerprint density at radius 3 is 2.25 bits per heavy atom. The van der Waals surface area contributed by atoms with E-state index in [-0.39, 0.29) is 0 Å². The van der Waals surface area contributed by atoms with Gasteiger partial charge in [0.25, 0.3) is 0 Å². The Balaban J connectivity index is 2.48. The molecule has 2 N–H and O–H groups in total. The molecule has 0 spiro atoms. The molecule has 0 radical (unpaired) electrons. The second-order valence-electron chi connectivity index (χ2n) is 6.70. The predicted octanol–water partition coefficient (Wildman–Crippen LogP) is 4.30. The van der Waals surface area contributed by atoms with E-state index in [9.17, 15) is 0 Å². The molecule has 0 aliphatic carbocycles. The van der Waals surface area contributed by atoms with E-state index in [1.54, 1.807) is 0 Å². The first-order valence-corrected chi connectivity index (χ1v) is 7.99. The monoisotopic (exact) mass is 276 g/mol. The number of hydrogen-bond acceptors (Lipinski definition) is 2. The fourth-order valence-corrected chi connectivity index (χ4v) is 2.85. The van der Waals surface area contributed by atoms with Gasteiger partial charge in [-0.3, -0.25) is 0 Å².